The first kappa shape index (κ1) is 15.3. The number of piperidine rings is 1. The van der Waals surface area contributed by atoms with Crippen LogP contribution in [0.4, 0.5) is 5.82 Å². The molecule has 2 heterocycles. The Morgan fingerprint density at radius 3 is 2.75 bits per heavy atom. The largest absolute Gasteiger partial charge is 0.356 e. The highest BCUT2D eigenvalue weighted by Gasteiger charge is 2.28. The van der Waals surface area contributed by atoms with E-state index in [0.29, 0.717) is 5.41 Å². The van der Waals surface area contributed by atoms with Gasteiger partial charge >= 0.3 is 0 Å². The predicted octanol–water partition coefficient (Wildman–Crippen LogP) is 3.43. The van der Waals surface area contributed by atoms with Gasteiger partial charge in [-0.25, -0.2) is 4.98 Å². The molecule has 0 saturated carbocycles. The van der Waals surface area contributed by atoms with Gasteiger partial charge in [-0.2, -0.15) is 0 Å². The maximum absolute atomic E-state index is 4.86. The molecule has 0 atom stereocenters. The van der Waals surface area contributed by atoms with E-state index in [-0.39, 0.29) is 0 Å². The highest BCUT2D eigenvalue weighted by Crippen LogP contribution is 2.33. The third-order valence-electron chi connectivity index (χ3n) is 4.21. The third-order valence-corrected chi connectivity index (χ3v) is 4.21. The van der Waals surface area contributed by atoms with Crippen molar-refractivity contribution < 1.29 is 0 Å². The van der Waals surface area contributed by atoms with Gasteiger partial charge < -0.3 is 10.2 Å². The van der Waals surface area contributed by atoms with E-state index in [1.807, 2.05) is 0 Å². The summed E-state index contributed by atoms with van der Waals surface area (Å²) in [5, 5.41) is 3.46. The van der Waals surface area contributed by atoms with Gasteiger partial charge in [-0.1, -0.05) is 20.8 Å². The van der Waals surface area contributed by atoms with E-state index < -0.39 is 0 Å². The van der Waals surface area contributed by atoms with Crippen molar-refractivity contribution >= 4 is 5.82 Å². The Labute approximate surface area is 123 Å². The second-order valence-electron chi connectivity index (χ2n) is 6.85. The molecule has 0 radical (unpaired) electrons. The van der Waals surface area contributed by atoms with Gasteiger partial charge in [0.1, 0.15) is 5.82 Å². The Balaban J connectivity index is 2.33. The summed E-state index contributed by atoms with van der Waals surface area (Å²) in [6, 6.07) is 2.20. The zero-order valence-electron chi connectivity index (χ0n) is 13.7. The number of hydrogen-bond donors (Lipinski definition) is 1. The zero-order valence-corrected chi connectivity index (χ0v) is 13.7. The molecule has 0 spiro atoms. The summed E-state index contributed by atoms with van der Waals surface area (Å²) in [4.78, 5) is 7.36. The lowest BCUT2D eigenvalue weighted by molar-refractivity contribution is 0.291. The molecule has 2 rings (SSSR count). The molecule has 20 heavy (non-hydrogen) atoms. The van der Waals surface area contributed by atoms with Crippen LogP contribution in [0.5, 0.6) is 0 Å². The lowest BCUT2D eigenvalue weighted by Crippen LogP contribution is -2.41. The van der Waals surface area contributed by atoms with Gasteiger partial charge in [-0.05, 0) is 50.3 Å². The first-order chi connectivity index (χ1) is 9.43. The van der Waals surface area contributed by atoms with Crippen molar-refractivity contribution in [1.82, 2.24) is 10.3 Å². The summed E-state index contributed by atoms with van der Waals surface area (Å²) in [6.07, 6.45) is 2.58. The van der Waals surface area contributed by atoms with Gasteiger partial charge in [0.25, 0.3) is 0 Å². The Bertz CT molecular complexity index is 466. The quantitative estimate of drug-likeness (QED) is 0.912. The average Bonchev–Trinajstić information content (AvgIpc) is 2.35. The van der Waals surface area contributed by atoms with Gasteiger partial charge in [-0.3, -0.25) is 0 Å². The predicted molar refractivity (Wildman–Crippen MR) is 86.3 cm³/mol. The van der Waals surface area contributed by atoms with Crippen molar-refractivity contribution in [2.75, 3.05) is 24.5 Å². The molecule has 1 saturated heterocycles. The average molecular weight is 275 g/mol. The molecule has 3 nitrogen and oxygen atoms in total. The summed E-state index contributed by atoms with van der Waals surface area (Å²) >= 11 is 0. The van der Waals surface area contributed by atoms with Crippen LogP contribution >= 0.6 is 0 Å². The number of nitrogens with zero attached hydrogens (tertiary/aromatic N) is 2. The molecule has 0 aliphatic carbocycles. The van der Waals surface area contributed by atoms with Crippen molar-refractivity contribution in [3.8, 4) is 0 Å². The molecule has 0 unspecified atom stereocenters. The van der Waals surface area contributed by atoms with Crippen LogP contribution in [0.1, 0.15) is 50.4 Å². The molecular weight excluding hydrogens is 246 g/mol. The minimum absolute atomic E-state index is 0.396. The van der Waals surface area contributed by atoms with Gasteiger partial charge in [0.15, 0.2) is 0 Å². The van der Waals surface area contributed by atoms with Gasteiger partial charge in [0.2, 0.25) is 0 Å². The molecule has 1 aliphatic rings. The molecule has 112 valence electrons. The lowest BCUT2D eigenvalue weighted by Gasteiger charge is -2.39. The van der Waals surface area contributed by atoms with Crippen molar-refractivity contribution in [3.05, 3.63) is 22.9 Å². The monoisotopic (exact) mass is 275 g/mol. The molecule has 1 aliphatic heterocycles. The molecule has 0 bridgehead atoms. The molecule has 0 amide bonds. The van der Waals surface area contributed by atoms with Crippen LogP contribution in [0.25, 0.3) is 0 Å². The summed E-state index contributed by atoms with van der Waals surface area (Å²) in [5.41, 5.74) is 4.25. The first-order valence-electron chi connectivity index (χ1n) is 7.86. The molecule has 0 aromatic carbocycles. The Hall–Kier alpha value is -1.09. The second kappa shape index (κ2) is 6.13. The smallest absolute Gasteiger partial charge is 0.133 e. The van der Waals surface area contributed by atoms with Gasteiger partial charge in [0, 0.05) is 30.9 Å². The third kappa shape index (κ3) is 3.51. The number of pyridine rings is 1. The number of aryl methyl sites for hydroxylation is 2. The number of aromatic nitrogens is 1. The van der Waals surface area contributed by atoms with Gasteiger partial charge in [-0.15, -0.1) is 0 Å². The number of nitrogens with one attached hydrogen (secondary N) is 1. The fraction of sp³-hybridized carbons (Fsp3) is 0.706. The standard InChI is InChI=1S/C17H29N3/c1-6-18-11-15-13(2)10-14(3)19-16(15)20-9-7-8-17(4,5)12-20/h10,18H,6-9,11-12H2,1-5H3. The van der Waals surface area contributed by atoms with E-state index in [2.05, 4.69) is 50.9 Å². The molecular formula is C17H29N3. The van der Waals surface area contributed by atoms with Crippen LogP contribution in [0.15, 0.2) is 6.07 Å². The van der Waals surface area contributed by atoms with Crippen LogP contribution in [-0.4, -0.2) is 24.6 Å². The maximum Gasteiger partial charge on any atom is 0.133 e. The fourth-order valence-electron chi connectivity index (χ4n) is 3.18. The lowest BCUT2D eigenvalue weighted by atomic mass is 9.84. The van der Waals surface area contributed by atoms with Crippen LogP contribution in [0.2, 0.25) is 0 Å². The summed E-state index contributed by atoms with van der Waals surface area (Å²) in [6.45, 7) is 15.4. The topological polar surface area (TPSA) is 28.2 Å². The molecule has 1 N–H and O–H groups in total. The summed E-state index contributed by atoms with van der Waals surface area (Å²) in [5.74, 6) is 1.20. The minimum atomic E-state index is 0.396. The van der Waals surface area contributed by atoms with Crippen LogP contribution in [0.3, 0.4) is 0 Å². The van der Waals surface area contributed by atoms with Crippen LogP contribution < -0.4 is 10.2 Å². The Morgan fingerprint density at radius 1 is 1.35 bits per heavy atom. The van der Waals surface area contributed by atoms with E-state index in [9.17, 15) is 0 Å². The maximum atomic E-state index is 4.86. The minimum Gasteiger partial charge on any atom is -0.356 e. The summed E-state index contributed by atoms with van der Waals surface area (Å²) in [7, 11) is 0. The van der Waals surface area contributed by atoms with Crippen molar-refractivity contribution in [3.63, 3.8) is 0 Å². The molecule has 1 fully saturated rings. The number of anilines is 1. The van der Waals surface area contributed by atoms with Crippen molar-refractivity contribution in [2.24, 2.45) is 5.41 Å². The van der Waals surface area contributed by atoms with Crippen molar-refractivity contribution in [1.29, 1.82) is 0 Å². The van der Waals surface area contributed by atoms with E-state index in [1.54, 1.807) is 0 Å². The first-order valence-corrected chi connectivity index (χ1v) is 7.86. The SMILES string of the molecule is CCNCc1c(C)cc(C)nc1N1CCCC(C)(C)C1. The van der Waals surface area contributed by atoms with Crippen LogP contribution in [0, 0.1) is 19.3 Å². The van der Waals surface area contributed by atoms with Crippen molar-refractivity contribution in [2.45, 2.75) is 54.0 Å². The highest BCUT2D eigenvalue weighted by molar-refractivity contribution is 5.52. The summed E-state index contributed by atoms with van der Waals surface area (Å²) < 4.78 is 0. The van der Waals surface area contributed by atoms with Gasteiger partial charge in [0.05, 0.1) is 0 Å². The van der Waals surface area contributed by atoms with E-state index in [0.717, 1.165) is 31.9 Å². The normalized spacial score (nSPS) is 18.4. The van der Waals surface area contributed by atoms with E-state index >= 15 is 0 Å². The molecule has 3 heteroatoms. The highest BCUT2D eigenvalue weighted by atomic mass is 15.2. The fourth-order valence-corrected chi connectivity index (χ4v) is 3.18. The Morgan fingerprint density at radius 2 is 2.10 bits per heavy atom. The second-order valence-corrected chi connectivity index (χ2v) is 6.85. The number of hydrogen-bond acceptors (Lipinski definition) is 3. The Kier molecular flexibility index (Phi) is 4.69. The zero-order chi connectivity index (χ0) is 14.8. The van der Waals surface area contributed by atoms with E-state index in [4.69, 9.17) is 4.98 Å². The van der Waals surface area contributed by atoms with E-state index in [1.165, 1.54) is 29.8 Å². The molecule has 1 aromatic heterocycles. The number of rotatable bonds is 4. The molecule has 1 aromatic rings. The van der Waals surface area contributed by atoms with Crippen LogP contribution in [-0.2, 0) is 6.54 Å².